The van der Waals surface area contributed by atoms with E-state index < -0.39 is 11.9 Å². The molecule has 0 aliphatic heterocycles. The first-order valence-electron chi connectivity index (χ1n) is 9.22. The van der Waals surface area contributed by atoms with Crippen LogP contribution in [-0.2, 0) is 9.47 Å². The second kappa shape index (κ2) is 7.05. The number of nitrogens with zero attached hydrogens (tertiary/aromatic N) is 1. The topological polar surface area (TPSA) is 74.1 Å². The van der Waals surface area contributed by atoms with Crippen molar-refractivity contribution < 1.29 is 23.9 Å². The van der Waals surface area contributed by atoms with Crippen molar-refractivity contribution >= 4 is 44.9 Å². The van der Waals surface area contributed by atoms with Crippen LogP contribution in [0.3, 0.4) is 0 Å². The zero-order valence-corrected chi connectivity index (χ0v) is 16.3. The van der Waals surface area contributed by atoms with Gasteiger partial charge in [-0.25, -0.2) is 9.59 Å². The monoisotopic (exact) mass is 389 g/mol. The van der Waals surface area contributed by atoms with E-state index in [4.69, 9.17) is 9.47 Å². The molecule has 0 radical (unpaired) electrons. The van der Waals surface area contributed by atoms with Crippen molar-refractivity contribution in [3.8, 4) is 0 Å². The highest BCUT2D eigenvalue weighted by molar-refractivity contribution is 6.18. The Bertz CT molecular complexity index is 1320. The van der Waals surface area contributed by atoms with E-state index in [-0.39, 0.29) is 29.0 Å². The van der Waals surface area contributed by atoms with Crippen molar-refractivity contribution in [2.45, 2.75) is 13.3 Å². The molecular formula is C23H19NO5. The molecular weight excluding hydrogens is 370 g/mol. The molecule has 0 atom stereocenters. The number of aromatic nitrogens is 1. The summed E-state index contributed by atoms with van der Waals surface area (Å²) in [4.78, 5) is 38.1. The van der Waals surface area contributed by atoms with Crippen LogP contribution in [0.25, 0.3) is 27.2 Å². The van der Waals surface area contributed by atoms with Crippen LogP contribution in [0.2, 0.25) is 0 Å². The molecule has 2 aromatic heterocycles. The smallest absolute Gasteiger partial charge is 0.341 e. The van der Waals surface area contributed by atoms with Crippen molar-refractivity contribution in [3.63, 3.8) is 0 Å². The highest BCUT2D eigenvalue weighted by Gasteiger charge is 2.32. The Kier molecular flexibility index (Phi) is 4.54. The molecule has 0 saturated carbocycles. The van der Waals surface area contributed by atoms with Gasteiger partial charge in [0.25, 0.3) is 0 Å². The Morgan fingerprint density at radius 2 is 1.45 bits per heavy atom. The molecule has 0 unspecified atom stereocenters. The average Bonchev–Trinajstić information content (AvgIpc) is 3.12. The van der Waals surface area contributed by atoms with Crippen LogP contribution in [0.1, 0.15) is 44.5 Å². The summed E-state index contributed by atoms with van der Waals surface area (Å²) in [5.74, 6) is -1.71. The van der Waals surface area contributed by atoms with Crippen molar-refractivity contribution in [2.24, 2.45) is 0 Å². The zero-order valence-electron chi connectivity index (χ0n) is 16.3. The summed E-state index contributed by atoms with van der Waals surface area (Å²) in [6, 6.07) is 15.4. The van der Waals surface area contributed by atoms with Gasteiger partial charge in [-0.1, -0.05) is 43.3 Å². The molecule has 0 aliphatic rings. The molecule has 0 aliphatic carbocycles. The third-order valence-electron chi connectivity index (χ3n) is 5.17. The van der Waals surface area contributed by atoms with E-state index in [9.17, 15) is 14.4 Å². The molecule has 2 aromatic carbocycles. The lowest BCUT2D eigenvalue weighted by Gasteiger charge is -2.10. The predicted molar refractivity (Wildman–Crippen MR) is 110 cm³/mol. The first-order valence-corrected chi connectivity index (χ1v) is 9.22. The summed E-state index contributed by atoms with van der Waals surface area (Å²) in [6.45, 7) is 1.71. The molecule has 2 heterocycles. The Morgan fingerprint density at radius 3 is 2.14 bits per heavy atom. The maximum absolute atomic E-state index is 12.9. The molecule has 29 heavy (non-hydrogen) atoms. The predicted octanol–water partition coefficient (Wildman–Crippen LogP) is 4.41. The van der Waals surface area contributed by atoms with Crippen molar-refractivity contribution in [3.05, 3.63) is 65.4 Å². The van der Waals surface area contributed by atoms with Crippen molar-refractivity contribution in [1.29, 1.82) is 0 Å². The highest BCUT2D eigenvalue weighted by atomic mass is 16.5. The summed E-state index contributed by atoms with van der Waals surface area (Å²) < 4.78 is 11.5. The molecule has 0 bridgehead atoms. The summed E-state index contributed by atoms with van der Waals surface area (Å²) in [5, 5.41) is 2.97. The van der Waals surface area contributed by atoms with E-state index in [0.29, 0.717) is 5.52 Å². The van der Waals surface area contributed by atoms with Gasteiger partial charge in [-0.15, -0.1) is 0 Å². The number of hydrogen-bond donors (Lipinski definition) is 0. The van der Waals surface area contributed by atoms with E-state index in [2.05, 4.69) is 0 Å². The number of carbonyl (C=O) groups excluding carboxylic acids is 3. The number of pyridine rings is 1. The normalized spacial score (nSPS) is 11.1. The standard InChI is InChI=1S/C23H19NO5/c1-4-18(25)21-20(23(27)29-3)19(22(26)28-2)17-12-10-15-14-8-6-5-7-13(14)9-11-16(15)24(17)21/h5-12H,4H2,1-3H3. The lowest BCUT2D eigenvalue weighted by atomic mass is 10.0. The van der Waals surface area contributed by atoms with Gasteiger partial charge in [0, 0.05) is 11.8 Å². The van der Waals surface area contributed by atoms with Gasteiger partial charge in [0.2, 0.25) is 0 Å². The molecule has 0 amide bonds. The zero-order chi connectivity index (χ0) is 20.7. The van der Waals surface area contributed by atoms with Gasteiger partial charge >= 0.3 is 11.9 Å². The summed E-state index contributed by atoms with van der Waals surface area (Å²) in [7, 11) is 2.46. The van der Waals surface area contributed by atoms with Crippen LogP contribution >= 0.6 is 0 Å². The number of esters is 2. The molecule has 0 saturated heterocycles. The molecule has 4 aromatic rings. The van der Waals surface area contributed by atoms with E-state index >= 15 is 0 Å². The maximum atomic E-state index is 12.9. The number of fused-ring (bicyclic) bond motifs is 5. The third kappa shape index (κ3) is 2.68. The van der Waals surface area contributed by atoms with Gasteiger partial charge < -0.3 is 13.9 Å². The Hall–Kier alpha value is -3.67. The SMILES string of the molecule is CCC(=O)c1c(C(=O)OC)c(C(=O)OC)c2ccc3c4ccccc4ccc3n12. The number of benzene rings is 2. The highest BCUT2D eigenvalue weighted by Crippen LogP contribution is 2.33. The first-order chi connectivity index (χ1) is 14.0. The fourth-order valence-electron chi connectivity index (χ4n) is 3.86. The molecule has 0 fully saturated rings. The summed E-state index contributed by atoms with van der Waals surface area (Å²) in [5.41, 5.74) is 1.25. The van der Waals surface area contributed by atoms with Gasteiger partial charge in [0.1, 0.15) is 16.8 Å². The van der Waals surface area contributed by atoms with E-state index in [1.807, 2.05) is 42.5 Å². The Balaban J connectivity index is 2.28. The van der Waals surface area contributed by atoms with Gasteiger partial charge in [0.15, 0.2) is 5.78 Å². The first kappa shape index (κ1) is 18.7. The summed E-state index contributed by atoms with van der Waals surface area (Å²) >= 11 is 0. The van der Waals surface area contributed by atoms with Crippen LogP contribution in [0.5, 0.6) is 0 Å². The largest absolute Gasteiger partial charge is 0.465 e. The van der Waals surface area contributed by atoms with Crippen molar-refractivity contribution in [1.82, 2.24) is 4.40 Å². The van der Waals surface area contributed by atoms with Crippen LogP contribution in [0, 0.1) is 0 Å². The number of methoxy groups -OCH3 is 2. The number of rotatable bonds is 4. The second-order valence-electron chi connectivity index (χ2n) is 6.63. The molecule has 0 spiro atoms. The summed E-state index contributed by atoms with van der Waals surface area (Å²) in [6.07, 6.45) is 0.167. The second-order valence-corrected chi connectivity index (χ2v) is 6.63. The quantitative estimate of drug-likeness (QED) is 0.294. The van der Waals surface area contributed by atoms with Gasteiger partial charge in [-0.3, -0.25) is 4.79 Å². The number of ether oxygens (including phenoxy) is 2. The van der Waals surface area contributed by atoms with Crippen LogP contribution in [0.15, 0.2) is 48.5 Å². The van der Waals surface area contributed by atoms with Crippen LogP contribution < -0.4 is 0 Å². The number of Topliss-reactive ketones (excluding diaryl/α,β-unsaturated/α-hetero) is 1. The van der Waals surface area contributed by atoms with Crippen LogP contribution in [-0.4, -0.2) is 36.3 Å². The molecule has 4 rings (SSSR count). The van der Waals surface area contributed by atoms with E-state index in [1.54, 1.807) is 17.4 Å². The number of ketones is 1. The Labute approximate surface area is 166 Å². The Morgan fingerprint density at radius 1 is 0.793 bits per heavy atom. The van der Waals surface area contributed by atoms with Gasteiger partial charge in [0.05, 0.1) is 25.3 Å². The third-order valence-corrected chi connectivity index (χ3v) is 5.17. The molecule has 0 N–H and O–H groups in total. The lowest BCUT2D eigenvalue weighted by Crippen LogP contribution is -2.14. The fourth-order valence-corrected chi connectivity index (χ4v) is 3.86. The van der Waals surface area contributed by atoms with Crippen LogP contribution in [0.4, 0.5) is 0 Å². The molecule has 6 nitrogen and oxygen atoms in total. The van der Waals surface area contributed by atoms with E-state index in [1.165, 1.54) is 14.2 Å². The van der Waals surface area contributed by atoms with Crippen molar-refractivity contribution in [2.75, 3.05) is 14.2 Å². The molecule has 146 valence electrons. The minimum absolute atomic E-state index is 0.0335. The lowest BCUT2D eigenvalue weighted by molar-refractivity contribution is 0.0556. The van der Waals surface area contributed by atoms with E-state index in [0.717, 1.165) is 21.7 Å². The fraction of sp³-hybridized carbons (Fsp3) is 0.174. The number of hydrogen-bond acceptors (Lipinski definition) is 5. The minimum atomic E-state index is -0.750. The number of carbonyl (C=O) groups is 3. The molecule has 6 heteroatoms. The minimum Gasteiger partial charge on any atom is -0.465 e. The van der Waals surface area contributed by atoms with Gasteiger partial charge in [-0.05, 0) is 22.9 Å². The maximum Gasteiger partial charge on any atom is 0.341 e. The van der Waals surface area contributed by atoms with Gasteiger partial charge in [-0.2, -0.15) is 0 Å². The average molecular weight is 389 g/mol.